The van der Waals surface area contributed by atoms with Crippen molar-refractivity contribution in [2.45, 2.75) is 52.6 Å². The number of nitrogens with one attached hydrogen (secondary N) is 1. The van der Waals surface area contributed by atoms with E-state index in [0.29, 0.717) is 0 Å². The summed E-state index contributed by atoms with van der Waals surface area (Å²) in [5.41, 5.74) is 0.290. The van der Waals surface area contributed by atoms with E-state index in [1.165, 1.54) is 10.9 Å². The molecule has 7 nitrogen and oxygen atoms in total. The third-order valence-corrected chi connectivity index (χ3v) is 2.63. The Morgan fingerprint density at radius 1 is 1.18 bits per heavy atom. The predicted octanol–water partition coefficient (Wildman–Crippen LogP) is 2.32. The summed E-state index contributed by atoms with van der Waals surface area (Å²) in [6.07, 6.45) is 0.581. The minimum atomic E-state index is -1.34. The van der Waals surface area contributed by atoms with Crippen LogP contribution in [0, 0.1) is 0 Å². The van der Waals surface area contributed by atoms with E-state index in [2.05, 4.69) is 5.43 Å². The SMILES string of the molecule is CC(C)(C)OC(=O)Nn1ccc(=O)c(C(=O)O)c1C(C)(C)C. The third-order valence-electron chi connectivity index (χ3n) is 2.63. The first-order valence-electron chi connectivity index (χ1n) is 6.82. The zero-order chi connectivity index (χ0) is 17.3. The van der Waals surface area contributed by atoms with Crippen molar-refractivity contribution < 1.29 is 19.4 Å². The second-order valence-electron chi connectivity index (χ2n) is 6.94. The van der Waals surface area contributed by atoms with E-state index in [9.17, 15) is 19.5 Å². The molecule has 0 bridgehead atoms. The Morgan fingerprint density at radius 2 is 1.73 bits per heavy atom. The highest BCUT2D eigenvalue weighted by Crippen LogP contribution is 2.23. The fourth-order valence-electron chi connectivity index (χ4n) is 1.97. The number of amides is 1. The van der Waals surface area contributed by atoms with Gasteiger partial charge in [-0.25, -0.2) is 15.0 Å². The molecule has 0 saturated carbocycles. The number of ether oxygens (including phenoxy) is 1. The van der Waals surface area contributed by atoms with Crippen molar-refractivity contribution in [2.75, 3.05) is 5.43 Å². The zero-order valence-electron chi connectivity index (χ0n) is 13.7. The summed E-state index contributed by atoms with van der Waals surface area (Å²) >= 11 is 0. The van der Waals surface area contributed by atoms with E-state index in [4.69, 9.17) is 4.74 Å². The van der Waals surface area contributed by atoms with Crippen molar-refractivity contribution in [1.29, 1.82) is 0 Å². The van der Waals surface area contributed by atoms with Gasteiger partial charge in [-0.15, -0.1) is 0 Å². The lowest BCUT2D eigenvalue weighted by molar-refractivity contribution is 0.0606. The monoisotopic (exact) mass is 310 g/mol. The fraction of sp³-hybridized carbons (Fsp3) is 0.533. The van der Waals surface area contributed by atoms with Crippen LogP contribution in [0.4, 0.5) is 4.79 Å². The zero-order valence-corrected chi connectivity index (χ0v) is 13.7. The molecule has 7 heteroatoms. The fourth-order valence-corrected chi connectivity index (χ4v) is 1.97. The summed E-state index contributed by atoms with van der Waals surface area (Å²) < 4.78 is 6.36. The van der Waals surface area contributed by atoms with Crippen molar-refractivity contribution >= 4 is 12.1 Å². The van der Waals surface area contributed by atoms with Gasteiger partial charge in [0, 0.05) is 17.7 Å². The Balaban J connectivity index is 3.38. The van der Waals surface area contributed by atoms with Crippen molar-refractivity contribution in [1.82, 2.24) is 4.68 Å². The number of carboxylic acids is 1. The number of carbonyl (C=O) groups excluding carboxylic acids is 1. The lowest BCUT2D eigenvalue weighted by Crippen LogP contribution is -2.37. The molecule has 2 N–H and O–H groups in total. The molecule has 1 rings (SSSR count). The van der Waals surface area contributed by atoms with Gasteiger partial charge in [-0.1, -0.05) is 20.8 Å². The molecular weight excluding hydrogens is 288 g/mol. The number of hydrogen-bond donors (Lipinski definition) is 2. The topological polar surface area (TPSA) is 97.6 Å². The van der Waals surface area contributed by atoms with Crippen molar-refractivity contribution in [3.8, 4) is 0 Å². The van der Waals surface area contributed by atoms with Crippen molar-refractivity contribution in [3.05, 3.63) is 33.7 Å². The Bertz CT molecular complexity index is 647. The van der Waals surface area contributed by atoms with Gasteiger partial charge in [0.1, 0.15) is 11.2 Å². The molecule has 0 fully saturated rings. The molecule has 0 aliphatic carbocycles. The maximum absolute atomic E-state index is 11.9. The number of aromatic carboxylic acids is 1. The lowest BCUT2D eigenvalue weighted by Gasteiger charge is -2.27. The minimum Gasteiger partial charge on any atom is -0.477 e. The Kier molecular flexibility index (Phi) is 4.70. The van der Waals surface area contributed by atoms with Gasteiger partial charge in [0.25, 0.3) is 0 Å². The van der Waals surface area contributed by atoms with E-state index in [1.807, 2.05) is 0 Å². The number of pyridine rings is 1. The van der Waals surface area contributed by atoms with Gasteiger partial charge in [-0.3, -0.25) is 9.47 Å². The molecule has 1 aromatic heterocycles. The highest BCUT2D eigenvalue weighted by atomic mass is 16.6. The van der Waals surface area contributed by atoms with Gasteiger partial charge in [-0.05, 0) is 20.8 Å². The van der Waals surface area contributed by atoms with Crippen LogP contribution in [0.15, 0.2) is 17.1 Å². The van der Waals surface area contributed by atoms with Crippen LogP contribution < -0.4 is 10.9 Å². The average molecular weight is 310 g/mol. The highest BCUT2D eigenvalue weighted by Gasteiger charge is 2.28. The molecule has 0 spiro atoms. The van der Waals surface area contributed by atoms with Gasteiger partial charge in [0.05, 0.1) is 5.69 Å². The number of rotatable bonds is 2. The van der Waals surface area contributed by atoms with Crippen LogP contribution in [0.25, 0.3) is 0 Å². The molecule has 0 aliphatic rings. The van der Waals surface area contributed by atoms with Crippen LogP contribution >= 0.6 is 0 Å². The summed E-state index contributed by atoms with van der Waals surface area (Å²) in [4.78, 5) is 35.1. The second kappa shape index (κ2) is 5.82. The molecule has 1 heterocycles. The normalized spacial score (nSPS) is 11.9. The molecule has 0 atom stereocenters. The van der Waals surface area contributed by atoms with Crippen LogP contribution in [0.1, 0.15) is 57.6 Å². The summed E-state index contributed by atoms with van der Waals surface area (Å²) in [5, 5.41) is 9.30. The van der Waals surface area contributed by atoms with Crippen molar-refractivity contribution in [3.63, 3.8) is 0 Å². The summed E-state index contributed by atoms with van der Waals surface area (Å²) in [7, 11) is 0. The van der Waals surface area contributed by atoms with Gasteiger partial charge in [0.2, 0.25) is 0 Å². The van der Waals surface area contributed by atoms with Gasteiger partial charge in [-0.2, -0.15) is 0 Å². The van der Waals surface area contributed by atoms with Crippen LogP contribution in [0.3, 0.4) is 0 Å². The van der Waals surface area contributed by atoms with Crippen molar-refractivity contribution in [2.24, 2.45) is 0 Å². The molecule has 122 valence electrons. The average Bonchev–Trinajstić information content (AvgIpc) is 2.26. The molecule has 0 unspecified atom stereocenters. The number of aromatic nitrogens is 1. The van der Waals surface area contributed by atoms with Crippen LogP contribution in [-0.4, -0.2) is 27.4 Å². The third kappa shape index (κ3) is 4.34. The predicted molar refractivity (Wildman–Crippen MR) is 82.0 cm³/mol. The molecular formula is C15H22N2O5. The summed E-state index contributed by atoms with van der Waals surface area (Å²) in [5.74, 6) is -1.34. The van der Waals surface area contributed by atoms with E-state index in [0.717, 1.165) is 6.07 Å². The summed E-state index contributed by atoms with van der Waals surface area (Å²) in [6, 6.07) is 1.09. The molecule has 0 radical (unpaired) electrons. The van der Waals surface area contributed by atoms with E-state index in [1.54, 1.807) is 41.5 Å². The number of carboxylic acid groups (broad SMARTS) is 1. The second-order valence-corrected chi connectivity index (χ2v) is 6.94. The number of carbonyl (C=O) groups is 2. The standard InChI is InChI=1S/C15H22N2O5/c1-14(2,3)11-10(12(19)20)9(18)7-8-17(11)16-13(21)22-15(4,5)6/h7-8H,1-6H3,(H,16,21)(H,19,20). The van der Waals surface area contributed by atoms with Crippen LogP contribution in [-0.2, 0) is 10.2 Å². The molecule has 0 aliphatic heterocycles. The molecule has 0 aromatic carbocycles. The van der Waals surface area contributed by atoms with E-state index in [-0.39, 0.29) is 11.3 Å². The van der Waals surface area contributed by atoms with Crippen LogP contribution in [0.2, 0.25) is 0 Å². The first kappa shape index (κ1) is 17.7. The molecule has 0 saturated heterocycles. The number of nitrogens with zero attached hydrogens (tertiary/aromatic N) is 1. The Hall–Kier alpha value is -2.31. The smallest absolute Gasteiger partial charge is 0.426 e. The first-order chi connectivity index (χ1) is 9.83. The van der Waals surface area contributed by atoms with E-state index < -0.39 is 28.5 Å². The largest absolute Gasteiger partial charge is 0.477 e. The Morgan fingerprint density at radius 3 is 2.14 bits per heavy atom. The maximum atomic E-state index is 11.9. The van der Waals surface area contributed by atoms with Gasteiger partial charge >= 0.3 is 12.1 Å². The van der Waals surface area contributed by atoms with Gasteiger partial charge in [0.15, 0.2) is 5.43 Å². The molecule has 1 aromatic rings. The molecule has 22 heavy (non-hydrogen) atoms. The first-order valence-corrected chi connectivity index (χ1v) is 6.82. The maximum Gasteiger partial charge on any atom is 0.426 e. The summed E-state index contributed by atoms with van der Waals surface area (Å²) in [6.45, 7) is 10.4. The van der Waals surface area contributed by atoms with Gasteiger partial charge < -0.3 is 9.84 Å². The minimum absolute atomic E-state index is 0.193. The van der Waals surface area contributed by atoms with Crippen LogP contribution in [0.5, 0.6) is 0 Å². The Labute approximate surface area is 128 Å². The highest BCUT2D eigenvalue weighted by molar-refractivity contribution is 5.89. The molecule has 1 amide bonds. The number of hydrogen-bond acceptors (Lipinski definition) is 4. The lowest BCUT2D eigenvalue weighted by atomic mass is 9.88. The van der Waals surface area contributed by atoms with E-state index >= 15 is 0 Å². The quantitative estimate of drug-likeness (QED) is 0.873.